The molecule has 0 spiro atoms. The molecular weight excluding hydrogens is 368 g/mol. The standard InChI is InChI=1S/C22H26N4O3/c1-28-20-9-7-19(8-10-20)26-21(22(27)29-24-26)15-23-18-11-13-25(14-12-18)16-17-5-3-2-4-6-17/h2-10,18,23H,11-16H2,1H3. The predicted octanol–water partition coefficient (Wildman–Crippen LogP) is 1.79. The van der Waals surface area contributed by atoms with Crippen molar-refractivity contribution in [2.45, 2.75) is 32.0 Å². The number of hydrogen-bond acceptors (Lipinski definition) is 6. The van der Waals surface area contributed by atoms with Crippen LogP contribution < -0.4 is 19.8 Å². The molecule has 4 rings (SSSR count). The third-order valence-corrected chi connectivity index (χ3v) is 5.41. The summed E-state index contributed by atoms with van der Waals surface area (Å²) in [5.41, 5.74) is 2.62. The molecule has 1 aliphatic rings. The van der Waals surface area contributed by atoms with E-state index in [0.29, 0.717) is 18.3 Å². The molecule has 0 radical (unpaired) electrons. The van der Waals surface area contributed by atoms with Gasteiger partial charge < -0.3 is 19.7 Å². The van der Waals surface area contributed by atoms with Crippen LogP contribution in [0.4, 0.5) is 0 Å². The smallest absolute Gasteiger partial charge is 0.253 e. The van der Waals surface area contributed by atoms with Crippen LogP contribution in [0.25, 0.3) is 5.69 Å². The van der Waals surface area contributed by atoms with Gasteiger partial charge in [-0.2, -0.15) is 0 Å². The molecule has 1 fully saturated rings. The molecule has 0 saturated carbocycles. The van der Waals surface area contributed by atoms with Crippen molar-refractivity contribution in [2.24, 2.45) is 0 Å². The summed E-state index contributed by atoms with van der Waals surface area (Å²) in [6.07, 6.45) is 2.10. The van der Waals surface area contributed by atoms with Crippen LogP contribution in [-0.2, 0) is 13.1 Å². The van der Waals surface area contributed by atoms with Crippen LogP contribution in [0.15, 0.2) is 59.1 Å². The third kappa shape index (κ3) is 4.75. The van der Waals surface area contributed by atoms with E-state index in [1.54, 1.807) is 11.8 Å². The molecule has 1 aliphatic heterocycles. The Bertz CT molecular complexity index is 904. The normalized spacial score (nSPS) is 15.5. The van der Waals surface area contributed by atoms with Crippen molar-refractivity contribution in [3.05, 3.63) is 65.9 Å². The van der Waals surface area contributed by atoms with Crippen molar-refractivity contribution < 1.29 is 19.0 Å². The van der Waals surface area contributed by atoms with Gasteiger partial charge in [0, 0.05) is 24.7 Å². The molecule has 3 aromatic rings. The first-order chi connectivity index (χ1) is 14.2. The van der Waals surface area contributed by atoms with Gasteiger partial charge in [-0.05, 0) is 48.3 Å². The Labute approximate surface area is 170 Å². The fourth-order valence-electron chi connectivity index (χ4n) is 3.72. The number of likely N-dealkylation sites (tertiary alicyclic amines) is 1. The Morgan fingerprint density at radius 3 is 2.55 bits per heavy atom. The zero-order valence-electron chi connectivity index (χ0n) is 16.6. The lowest BCUT2D eigenvalue weighted by molar-refractivity contribution is -0.677. The van der Waals surface area contributed by atoms with Crippen molar-refractivity contribution in [3.63, 3.8) is 0 Å². The summed E-state index contributed by atoms with van der Waals surface area (Å²) in [4.78, 5) is 2.48. The summed E-state index contributed by atoms with van der Waals surface area (Å²) in [7, 11) is 1.62. The van der Waals surface area contributed by atoms with Crippen LogP contribution in [0.2, 0.25) is 0 Å². The van der Waals surface area contributed by atoms with Gasteiger partial charge in [-0.3, -0.25) is 4.90 Å². The number of rotatable bonds is 7. The first kappa shape index (κ1) is 19.4. The summed E-state index contributed by atoms with van der Waals surface area (Å²) >= 11 is 0. The van der Waals surface area contributed by atoms with Crippen LogP contribution in [-0.4, -0.2) is 36.4 Å². The zero-order valence-corrected chi connectivity index (χ0v) is 16.6. The molecule has 7 heteroatoms. The van der Waals surface area contributed by atoms with E-state index in [1.165, 1.54) is 5.56 Å². The maximum Gasteiger partial charge on any atom is 0.253 e. The molecular formula is C22H26N4O3. The molecule has 2 aromatic carbocycles. The lowest BCUT2D eigenvalue weighted by Gasteiger charge is -2.32. The summed E-state index contributed by atoms with van der Waals surface area (Å²) in [6, 6.07) is 18.3. The van der Waals surface area contributed by atoms with Crippen molar-refractivity contribution in [2.75, 3.05) is 20.2 Å². The highest BCUT2D eigenvalue weighted by atomic mass is 16.6. The lowest BCUT2D eigenvalue weighted by atomic mass is 10.0. The van der Waals surface area contributed by atoms with Gasteiger partial charge in [0.1, 0.15) is 5.75 Å². The molecule has 0 amide bonds. The summed E-state index contributed by atoms with van der Waals surface area (Å²) in [5.74, 6) is 0.344. The van der Waals surface area contributed by atoms with Gasteiger partial charge in [0.05, 0.1) is 18.9 Å². The first-order valence-electron chi connectivity index (χ1n) is 9.95. The SMILES string of the molecule is COc1ccc(-[n+]2noc([O-])c2CNC2CCN(Cc3ccccc3)CC2)cc1. The monoisotopic (exact) mass is 394 g/mol. The van der Waals surface area contributed by atoms with Crippen LogP contribution in [0.1, 0.15) is 24.1 Å². The minimum absolute atomic E-state index is 0.376. The van der Waals surface area contributed by atoms with E-state index in [-0.39, 0.29) is 0 Å². The molecule has 1 N–H and O–H groups in total. The molecule has 0 unspecified atom stereocenters. The molecule has 152 valence electrons. The molecule has 1 aromatic heterocycles. The van der Waals surface area contributed by atoms with E-state index in [4.69, 9.17) is 9.26 Å². The Morgan fingerprint density at radius 1 is 1.14 bits per heavy atom. The average molecular weight is 394 g/mol. The lowest BCUT2D eigenvalue weighted by Crippen LogP contribution is -2.44. The molecule has 0 bridgehead atoms. The Kier molecular flexibility index (Phi) is 6.07. The van der Waals surface area contributed by atoms with E-state index >= 15 is 0 Å². The Hall–Kier alpha value is -2.90. The highest BCUT2D eigenvalue weighted by Gasteiger charge is 2.24. The highest BCUT2D eigenvalue weighted by Crippen LogP contribution is 2.17. The molecule has 2 heterocycles. The summed E-state index contributed by atoms with van der Waals surface area (Å²) < 4.78 is 11.6. The largest absolute Gasteiger partial charge is 0.539 e. The van der Waals surface area contributed by atoms with Crippen LogP contribution in [0.5, 0.6) is 11.7 Å². The van der Waals surface area contributed by atoms with Crippen molar-refractivity contribution >= 4 is 0 Å². The van der Waals surface area contributed by atoms with Crippen LogP contribution in [0, 0.1) is 0 Å². The fourth-order valence-corrected chi connectivity index (χ4v) is 3.72. The van der Waals surface area contributed by atoms with Gasteiger partial charge in [-0.25, -0.2) is 0 Å². The number of methoxy groups -OCH3 is 1. The third-order valence-electron chi connectivity index (χ3n) is 5.41. The van der Waals surface area contributed by atoms with Gasteiger partial charge in [0.15, 0.2) is 5.95 Å². The maximum atomic E-state index is 12.1. The highest BCUT2D eigenvalue weighted by molar-refractivity contribution is 5.31. The van der Waals surface area contributed by atoms with Crippen molar-refractivity contribution in [1.29, 1.82) is 0 Å². The Morgan fingerprint density at radius 2 is 1.86 bits per heavy atom. The van der Waals surface area contributed by atoms with E-state index < -0.39 is 5.95 Å². The van der Waals surface area contributed by atoms with E-state index in [0.717, 1.165) is 43.9 Å². The molecule has 0 atom stereocenters. The number of aromatic nitrogens is 2. The number of nitrogens with zero attached hydrogens (tertiary/aromatic N) is 3. The molecule has 29 heavy (non-hydrogen) atoms. The number of benzene rings is 2. The minimum atomic E-state index is -0.408. The van der Waals surface area contributed by atoms with Crippen LogP contribution in [0.3, 0.4) is 0 Å². The van der Waals surface area contributed by atoms with E-state index in [1.807, 2.05) is 30.3 Å². The van der Waals surface area contributed by atoms with Gasteiger partial charge in [0.2, 0.25) is 5.69 Å². The molecule has 7 nitrogen and oxygen atoms in total. The molecule has 1 saturated heterocycles. The second kappa shape index (κ2) is 9.07. The first-order valence-corrected chi connectivity index (χ1v) is 9.95. The minimum Gasteiger partial charge on any atom is -0.539 e. The van der Waals surface area contributed by atoms with Gasteiger partial charge in [-0.1, -0.05) is 30.3 Å². The van der Waals surface area contributed by atoms with Gasteiger partial charge in [0.25, 0.3) is 5.69 Å². The fraction of sp³-hybridized carbons (Fsp3) is 0.364. The molecule has 0 aliphatic carbocycles. The topological polar surface area (TPSA) is 77.5 Å². The predicted molar refractivity (Wildman–Crippen MR) is 106 cm³/mol. The van der Waals surface area contributed by atoms with Crippen LogP contribution >= 0.6 is 0 Å². The van der Waals surface area contributed by atoms with Gasteiger partial charge >= 0.3 is 0 Å². The number of nitrogens with one attached hydrogen (secondary N) is 1. The quantitative estimate of drug-likeness (QED) is 0.616. The summed E-state index contributed by atoms with van der Waals surface area (Å²) in [6.45, 7) is 3.50. The second-order valence-corrected chi connectivity index (χ2v) is 7.33. The van der Waals surface area contributed by atoms with E-state index in [2.05, 4.69) is 39.8 Å². The van der Waals surface area contributed by atoms with Gasteiger partial charge in [-0.15, -0.1) is 0 Å². The summed E-state index contributed by atoms with van der Waals surface area (Å²) in [5, 5.41) is 19.6. The van der Waals surface area contributed by atoms with Crippen molar-refractivity contribution in [1.82, 2.24) is 15.5 Å². The Balaban J connectivity index is 1.32. The zero-order chi connectivity index (χ0) is 20.1. The average Bonchev–Trinajstić information content (AvgIpc) is 3.14. The van der Waals surface area contributed by atoms with Crippen molar-refractivity contribution in [3.8, 4) is 17.4 Å². The number of ether oxygens (including phenoxy) is 1. The maximum absolute atomic E-state index is 12.1. The van der Waals surface area contributed by atoms with E-state index in [9.17, 15) is 5.11 Å². The second-order valence-electron chi connectivity index (χ2n) is 7.33. The number of hydrogen-bond donors (Lipinski definition) is 1. The number of piperidine rings is 1.